The number of amides is 4. The van der Waals surface area contributed by atoms with Gasteiger partial charge in [0.15, 0.2) is 5.96 Å². The molecule has 0 aromatic heterocycles. The lowest BCUT2D eigenvalue weighted by Crippen LogP contribution is -2.51. The Kier molecular flexibility index (Phi) is 14.9. The number of aryl methyl sites for hydroxylation is 1. The number of primary amides is 1. The first-order valence-corrected chi connectivity index (χ1v) is 11.3. The van der Waals surface area contributed by atoms with Gasteiger partial charge in [0.25, 0.3) is 0 Å². The molecular formula is C23H39N7O5. The summed E-state index contributed by atoms with van der Waals surface area (Å²) in [6, 6.07) is 5.46. The second kappa shape index (κ2) is 16.7. The first-order valence-electron chi connectivity index (χ1n) is 11.3. The molecule has 0 saturated heterocycles. The summed E-state index contributed by atoms with van der Waals surface area (Å²) in [5, 5.41) is 16.2. The van der Waals surface area contributed by atoms with Crippen LogP contribution in [0.5, 0.6) is 5.75 Å². The number of carbonyl (C=O) groups excluding carboxylic acids is 4. The topological polar surface area (TPSA) is 215 Å². The van der Waals surface area contributed by atoms with E-state index < -0.39 is 29.8 Å². The van der Waals surface area contributed by atoms with Crippen LogP contribution in [0.2, 0.25) is 0 Å². The van der Waals surface area contributed by atoms with Crippen molar-refractivity contribution in [1.29, 1.82) is 0 Å². The number of hydrogen-bond acceptors (Lipinski definition) is 6. The van der Waals surface area contributed by atoms with Gasteiger partial charge in [-0.3, -0.25) is 24.2 Å². The molecule has 0 radical (unpaired) electrons. The molecule has 0 saturated carbocycles. The van der Waals surface area contributed by atoms with E-state index in [0.717, 1.165) is 0 Å². The predicted molar refractivity (Wildman–Crippen MR) is 134 cm³/mol. The Morgan fingerprint density at radius 1 is 1.00 bits per heavy atom. The summed E-state index contributed by atoms with van der Waals surface area (Å²) < 4.78 is 0. The van der Waals surface area contributed by atoms with Crippen LogP contribution in [-0.2, 0) is 19.2 Å². The molecule has 0 aliphatic heterocycles. The quantitative estimate of drug-likeness (QED) is 0.114. The van der Waals surface area contributed by atoms with Gasteiger partial charge in [-0.15, -0.1) is 0 Å². The highest BCUT2D eigenvalue weighted by Gasteiger charge is 2.22. The molecule has 35 heavy (non-hydrogen) atoms. The first-order chi connectivity index (χ1) is 16.3. The third-order valence-electron chi connectivity index (χ3n) is 4.48. The Morgan fingerprint density at radius 2 is 1.60 bits per heavy atom. The third-order valence-corrected chi connectivity index (χ3v) is 4.48. The van der Waals surface area contributed by atoms with Gasteiger partial charge < -0.3 is 38.3 Å². The fourth-order valence-corrected chi connectivity index (χ4v) is 2.82. The van der Waals surface area contributed by atoms with Gasteiger partial charge in [0.05, 0.1) is 6.54 Å². The minimum atomic E-state index is -0.898. The van der Waals surface area contributed by atoms with E-state index in [1.807, 2.05) is 32.9 Å². The summed E-state index contributed by atoms with van der Waals surface area (Å²) in [5.74, 6) is -1.64. The normalized spacial score (nSPS) is 11.8. The molecule has 0 heterocycles. The summed E-state index contributed by atoms with van der Waals surface area (Å²) in [7, 11) is 0. The van der Waals surface area contributed by atoms with Gasteiger partial charge in [0, 0.05) is 13.5 Å². The number of benzene rings is 1. The van der Waals surface area contributed by atoms with Crippen molar-refractivity contribution in [3.63, 3.8) is 0 Å². The van der Waals surface area contributed by atoms with E-state index in [0.29, 0.717) is 25.1 Å². The van der Waals surface area contributed by atoms with Crippen molar-refractivity contribution in [2.24, 2.45) is 28.1 Å². The maximum Gasteiger partial charge on any atom is 0.243 e. The van der Waals surface area contributed by atoms with Crippen molar-refractivity contribution < 1.29 is 24.3 Å². The number of nitrogens with zero attached hydrogens (tertiary/aromatic N) is 1. The van der Waals surface area contributed by atoms with Crippen molar-refractivity contribution in [3.8, 4) is 5.75 Å². The lowest BCUT2D eigenvalue weighted by atomic mass is 10.0. The molecule has 0 spiro atoms. The average molecular weight is 494 g/mol. The van der Waals surface area contributed by atoms with E-state index in [2.05, 4.69) is 20.9 Å². The fourth-order valence-electron chi connectivity index (χ4n) is 2.82. The number of carbonyl (C=O) groups is 4. The van der Waals surface area contributed by atoms with E-state index >= 15 is 0 Å². The minimum absolute atomic E-state index is 0.0625. The van der Waals surface area contributed by atoms with E-state index in [1.54, 1.807) is 12.1 Å². The largest absolute Gasteiger partial charge is 0.508 e. The maximum atomic E-state index is 12.2. The number of rotatable bonds is 12. The minimum Gasteiger partial charge on any atom is -0.508 e. The lowest BCUT2D eigenvalue weighted by Gasteiger charge is -2.20. The van der Waals surface area contributed by atoms with Gasteiger partial charge in [-0.1, -0.05) is 31.5 Å². The Balaban J connectivity index is 0.00000121. The van der Waals surface area contributed by atoms with E-state index in [1.165, 1.54) is 12.5 Å². The van der Waals surface area contributed by atoms with Crippen LogP contribution in [0.4, 0.5) is 0 Å². The number of nitrogens with one attached hydrogen (secondary N) is 3. The molecule has 1 unspecified atom stereocenters. The Bertz CT molecular complexity index is 831. The predicted octanol–water partition coefficient (Wildman–Crippen LogP) is -0.622. The van der Waals surface area contributed by atoms with Crippen LogP contribution >= 0.6 is 0 Å². The molecule has 0 bridgehead atoms. The molecule has 0 aliphatic carbocycles. The summed E-state index contributed by atoms with van der Waals surface area (Å²) in [5.41, 5.74) is 16.8. The molecule has 0 aliphatic rings. The van der Waals surface area contributed by atoms with Crippen LogP contribution < -0.4 is 33.2 Å². The first kappa shape index (κ1) is 31.2. The molecule has 12 heteroatoms. The number of phenols is 1. The summed E-state index contributed by atoms with van der Waals surface area (Å²) in [6.07, 6.45) is 1.13. The number of phenolic OH excluding ortho intramolecular Hbond substituents is 1. The van der Waals surface area contributed by atoms with E-state index in [9.17, 15) is 19.2 Å². The number of nitrogens with two attached hydrogens (primary N) is 3. The number of aliphatic imine (C=N–C) groups is 1. The van der Waals surface area contributed by atoms with E-state index in [-0.39, 0.29) is 30.8 Å². The molecule has 10 N–H and O–H groups in total. The van der Waals surface area contributed by atoms with Crippen molar-refractivity contribution in [2.45, 2.75) is 59.0 Å². The molecule has 1 rings (SSSR count). The number of hydrogen-bond donors (Lipinski definition) is 7. The fraction of sp³-hybridized carbons (Fsp3) is 0.522. The molecule has 196 valence electrons. The van der Waals surface area contributed by atoms with Gasteiger partial charge in [-0.2, -0.15) is 0 Å². The van der Waals surface area contributed by atoms with Gasteiger partial charge in [0.2, 0.25) is 23.6 Å². The highest BCUT2D eigenvalue weighted by molar-refractivity contribution is 5.91. The smallest absolute Gasteiger partial charge is 0.243 e. The summed E-state index contributed by atoms with van der Waals surface area (Å²) in [6.45, 7) is 7.08. The van der Waals surface area contributed by atoms with Crippen LogP contribution in [0, 0.1) is 12.8 Å². The van der Waals surface area contributed by atoms with Crippen molar-refractivity contribution in [1.82, 2.24) is 16.0 Å². The summed E-state index contributed by atoms with van der Waals surface area (Å²) >= 11 is 0. The monoisotopic (exact) mass is 493 g/mol. The maximum absolute atomic E-state index is 12.2. The van der Waals surface area contributed by atoms with Crippen LogP contribution in [0.25, 0.3) is 0 Å². The van der Waals surface area contributed by atoms with Crippen molar-refractivity contribution in [2.75, 3.05) is 13.1 Å². The molecular weight excluding hydrogens is 454 g/mol. The molecule has 2 atom stereocenters. The highest BCUT2D eigenvalue weighted by atomic mass is 16.3. The molecule has 4 amide bonds. The lowest BCUT2D eigenvalue weighted by molar-refractivity contribution is -0.131. The van der Waals surface area contributed by atoms with Crippen LogP contribution in [-0.4, -0.2) is 59.9 Å². The Morgan fingerprint density at radius 3 is 2.06 bits per heavy atom. The van der Waals surface area contributed by atoms with Crippen LogP contribution in [0.15, 0.2) is 29.3 Å². The van der Waals surface area contributed by atoms with Gasteiger partial charge in [-0.05, 0) is 44.2 Å². The van der Waals surface area contributed by atoms with Crippen LogP contribution in [0.1, 0.15) is 45.6 Å². The van der Waals surface area contributed by atoms with Crippen molar-refractivity contribution in [3.05, 3.63) is 29.8 Å². The average Bonchev–Trinajstić information content (AvgIpc) is 2.75. The number of guanidine groups is 1. The van der Waals surface area contributed by atoms with Gasteiger partial charge in [-0.25, -0.2) is 0 Å². The zero-order valence-corrected chi connectivity index (χ0v) is 20.8. The molecule has 0 fully saturated rings. The summed E-state index contributed by atoms with van der Waals surface area (Å²) in [4.78, 5) is 50.6. The zero-order valence-electron chi connectivity index (χ0n) is 20.8. The van der Waals surface area contributed by atoms with Crippen LogP contribution in [0.3, 0.4) is 0 Å². The second-order valence-electron chi connectivity index (χ2n) is 8.41. The Labute approximate surface area is 206 Å². The highest BCUT2D eigenvalue weighted by Crippen LogP contribution is 2.07. The van der Waals surface area contributed by atoms with Gasteiger partial charge >= 0.3 is 0 Å². The number of aromatic hydroxyl groups is 1. The second-order valence-corrected chi connectivity index (χ2v) is 8.41. The standard InChI is InChI=1S/C16H31N7O4.C7H8O/c1-9(2)7-12(22-10(3)24)15(27)21-8-13(25)23-11(14(17)26)5-4-6-20-16(18)19;1-6-2-4-7(8)5-3-6/h9,11-12H,4-8H2,1-3H3,(H2,17,26)(H,21,27)(H,22,24)(H,23,25)(H4,18,19,20);2-5,8H,1H3/t11-,12?;/m0./s1. The third kappa shape index (κ3) is 16.4. The van der Waals surface area contributed by atoms with Crippen molar-refractivity contribution >= 4 is 29.6 Å². The Hall–Kier alpha value is -3.83. The molecule has 12 nitrogen and oxygen atoms in total. The van der Waals surface area contributed by atoms with E-state index in [4.69, 9.17) is 22.3 Å². The molecule has 1 aromatic carbocycles. The van der Waals surface area contributed by atoms with Gasteiger partial charge in [0.1, 0.15) is 17.8 Å². The SMILES string of the molecule is CC(=O)NC(CC(C)C)C(=O)NCC(=O)N[C@@H](CCCN=C(N)N)C(N)=O.Cc1ccc(O)cc1. The molecule has 1 aromatic rings. The zero-order chi connectivity index (χ0) is 27.0.